The van der Waals surface area contributed by atoms with Gasteiger partial charge < -0.3 is 14.2 Å². The Balaban J connectivity index is 3.54. The Kier molecular flexibility index (Phi) is 10.7. The summed E-state index contributed by atoms with van der Waals surface area (Å²) in [7, 11) is 0. The topological polar surface area (TPSA) is 27.7 Å². The molecule has 0 aliphatic heterocycles. The van der Waals surface area contributed by atoms with Crippen LogP contribution in [0.25, 0.3) is 0 Å². The Morgan fingerprint density at radius 1 is 0.941 bits per heavy atom. The molecule has 0 heterocycles. The van der Waals surface area contributed by atoms with E-state index in [1.165, 1.54) is 5.37 Å². The largest absolute Gasteiger partial charge is 0.487 e. The fourth-order valence-electron chi connectivity index (χ4n) is 0.819. The first kappa shape index (κ1) is 16.8. The summed E-state index contributed by atoms with van der Waals surface area (Å²) in [6, 6.07) is 0. The van der Waals surface area contributed by atoms with Crippen LogP contribution in [0.2, 0.25) is 0 Å². The number of hydrogen-bond acceptors (Lipinski definition) is 7. The lowest BCUT2D eigenvalue weighted by Crippen LogP contribution is -2.15. The van der Waals surface area contributed by atoms with E-state index in [1.807, 2.05) is 6.92 Å². The SMILES string of the molecule is CCOC(=S)CC(=S)OCCOC(=S)CC=S. The Morgan fingerprint density at radius 3 is 2.00 bits per heavy atom. The van der Waals surface area contributed by atoms with E-state index in [4.69, 9.17) is 50.9 Å². The van der Waals surface area contributed by atoms with Crippen molar-refractivity contribution in [1.29, 1.82) is 0 Å². The molecule has 0 N–H and O–H groups in total. The normalized spacial score (nSPS) is 9.24. The molecule has 0 atom stereocenters. The highest BCUT2D eigenvalue weighted by Gasteiger charge is 2.04. The summed E-state index contributed by atoms with van der Waals surface area (Å²) in [4.78, 5) is 0. The van der Waals surface area contributed by atoms with Crippen molar-refractivity contribution in [3.63, 3.8) is 0 Å². The predicted octanol–water partition coefficient (Wildman–Crippen LogP) is 2.82. The third-order valence-corrected chi connectivity index (χ3v) is 2.43. The van der Waals surface area contributed by atoms with Gasteiger partial charge in [-0.3, -0.25) is 0 Å². The van der Waals surface area contributed by atoms with Crippen molar-refractivity contribution in [2.75, 3.05) is 19.8 Å². The monoisotopic (exact) mass is 310 g/mol. The van der Waals surface area contributed by atoms with Crippen LogP contribution in [-0.2, 0) is 14.2 Å². The lowest BCUT2D eigenvalue weighted by Gasteiger charge is -2.09. The standard InChI is InChI=1S/C10H14O3S4/c1-2-11-9(16)7-10(17)13-5-4-12-8(15)3-6-14/h6H,2-5,7H2,1H3. The van der Waals surface area contributed by atoms with Crippen LogP contribution in [0.4, 0.5) is 0 Å². The van der Waals surface area contributed by atoms with Crippen molar-refractivity contribution in [3.8, 4) is 0 Å². The zero-order chi connectivity index (χ0) is 13.1. The lowest BCUT2D eigenvalue weighted by atomic mass is 10.5. The molecule has 0 aromatic heterocycles. The van der Waals surface area contributed by atoms with Crippen molar-refractivity contribution in [1.82, 2.24) is 0 Å². The molecule has 0 aromatic carbocycles. The third-order valence-electron chi connectivity index (χ3n) is 1.45. The second kappa shape index (κ2) is 10.9. The van der Waals surface area contributed by atoms with Crippen LogP contribution in [0.15, 0.2) is 0 Å². The molecule has 7 heteroatoms. The molecular weight excluding hydrogens is 296 g/mol. The first-order valence-electron chi connectivity index (χ1n) is 5.00. The van der Waals surface area contributed by atoms with E-state index in [2.05, 4.69) is 12.2 Å². The molecule has 0 radical (unpaired) electrons. The van der Waals surface area contributed by atoms with Crippen molar-refractivity contribution < 1.29 is 14.2 Å². The number of ether oxygens (including phenoxy) is 3. The maximum Gasteiger partial charge on any atom is 0.168 e. The van der Waals surface area contributed by atoms with Gasteiger partial charge in [-0.2, -0.15) is 0 Å². The minimum atomic E-state index is 0.338. The molecule has 0 bridgehead atoms. The summed E-state index contributed by atoms with van der Waals surface area (Å²) in [5.74, 6) is 0. The molecule has 0 aliphatic rings. The van der Waals surface area contributed by atoms with Gasteiger partial charge in [0.25, 0.3) is 0 Å². The maximum absolute atomic E-state index is 5.23. The van der Waals surface area contributed by atoms with E-state index >= 15 is 0 Å². The molecule has 0 saturated heterocycles. The van der Waals surface area contributed by atoms with Crippen LogP contribution in [-0.4, -0.2) is 40.3 Å². The van der Waals surface area contributed by atoms with Crippen molar-refractivity contribution in [2.24, 2.45) is 0 Å². The van der Waals surface area contributed by atoms with Gasteiger partial charge >= 0.3 is 0 Å². The molecule has 0 saturated carbocycles. The Bertz CT molecular complexity index is 291. The summed E-state index contributed by atoms with van der Waals surface area (Å²) in [5, 5.41) is 2.82. The molecule has 0 rings (SSSR count). The van der Waals surface area contributed by atoms with Crippen LogP contribution in [0.5, 0.6) is 0 Å². The fraction of sp³-hybridized carbons (Fsp3) is 0.600. The second-order valence-corrected chi connectivity index (χ2v) is 4.49. The Labute approximate surface area is 123 Å². The van der Waals surface area contributed by atoms with Gasteiger partial charge in [-0.25, -0.2) is 0 Å². The average molecular weight is 310 g/mol. The first-order chi connectivity index (χ1) is 8.10. The maximum atomic E-state index is 5.23. The minimum absolute atomic E-state index is 0.338. The molecular formula is C10H14O3S4. The number of hydrogen-bond donors (Lipinski definition) is 0. The van der Waals surface area contributed by atoms with E-state index in [0.717, 1.165) is 0 Å². The van der Waals surface area contributed by atoms with E-state index in [1.54, 1.807) is 0 Å². The van der Waals surface area contributed by atoms with Gasteiger partial charge in [0, 0.05) is 6.42 Å². The summed E-state index contributed by atoms with van der Waals surface area (Å²) in [6.45, 7) is 3.09. The van der Waals surface area contributed by atoms with Crippen LogP contribution in [0, 0.1) is 0 Å². The van der Waals surface area contributed by atoms with Gasteiger partial charge in [0.15, 0.2) is 15.2 Å². The van der Waals surface area contributed by atoms with Gasteiger partial charge in [-0.1, -0.05) is 12.2 Å². The fourth-order valence-corrected chi connectivity index (χ4v) is 1.80. The second-order valence-electron chi connectivity index (χ2n) is 2.79. The van der Waals surface area contributed by atoms with E-state index in [0.29, 0.717) is 47.8 Å². The smallest absolute Gasteiger partial charge is 0.168 e. The van der Waals surface area contributed by atoms with Crippen LogP contribution in [0.3, 0.4) is 0 Å². The van der Waals surface area contributed by atoms with Gasteiger partial charge in [-0.15, -0.1) is 0 Å². The van der Waals surface area contributed by atoms with Gasteiger partial charge in [0.1, 0.15) is 13.2 Å². The number of thiocarbonyl (C=S) groups is 4. The molecule has 0 aliphatic carbocycles. The quantitative estimate of drug-likeness (QED) is 0.503. The van der Waals surface area contributed by atoms with Crippen molar-refractivity contribution in [2.45, 2.75) is 19.8 Å². The highest BCUT2D eigenvalue weighted by atomic mass is 32.1. The Hall–Kier alpha value is -0.240. The predicted molar refractivity (Wildman–Crippen MR) is 84.2 cm³/mol. The zero-order valence-corrected chi connectivity index (χ0v) is 12.7. The third kappa shape index (κ3) is 10.6. The highest BCUT2D eigenvalue weighted by Crippen LogP contribution is 1.97. The number of rotatable bonds is 8. The summed E-state index contributed by atoms with van der Waals surface area (Å²) in [5.41, 5.74) is 0. The van der Waals surface area contributed by atoms with Crippen LogP contribution < -0.4 is 0 Å². The van der Waals surface area contributed by atoms with E-state index < -0.39 is 0 Å². The van der Waals surface area contributed by atoms with Crippen LogP contribution >= 0.6 is 48.9 Å². The minimum Gasteiger partial charge on any atom is -0.487 e. The van der Waals surface area contributed by atoms with E-state index in [-0.39, 0.29) is 0 Å². The van der Waals surface area contributed by atoms with Crippen molar-refractivity contribution >= 4 is 69.4 Å². The molecule has 3 nitrogen and oxygen atoms in total. The molecule has 0 amide bonds. The van der Waals surface area contributed by atoms with Gasteiger partial charge in [0.05, 0.1) is 13.0 Å². The molecule has 0 fully saturated rings. The lowest BCUT2D eigenvalue weighted by molar-refractivity contribution is 0.204. The average Bonchev–Trinajstić information content (AvgIpc) is 2.25. The molecule has 17 heavy (non-hydrogen) atoms. The van der Waals surface area contributed by atoms with Gasteiger partial charge in [-0.05, 0) is 48.9 Å². The molecule has 0 aromatic rings. The van der Waals surface area contributed by atoms with Crippen LogP contribution in [0.1, 0.15) is 19.8 Å². The zero-order valence-electron chi connectivity index (χ0n) is 9.47. The first-order valence-corrected chi connectivity index (χ1v) is 6.70. The van der Waals surface area contributed by atoms with E-state index in [9.17, 15) is 0 Å². The van der Waals surface area contributed by atoms with Gasteiger partial charge in [0.2, 0.25) is 0 Å². The molecule has 96 valence electrons. The molecule has 0 unspecified atom stereocenters. The van der Waals surface area contributed by atoms with Crippen molar-refractivity contribution in [3.05, 3.63) is 0 Å². The summed E-state index contributed by atoms with van der Waals surface area (Å²) >= 11 is 19.4. The summed E-state index contributed by atoms with van der Waals surface area (Å²) in [6.07, 6.45) is 0.840. The molecule has 0 spiro atoms. The Morgan fingerprint density at radius 2 is 1.47 bits per heavy atom. The highest BCUT2D eigenvalue weighted by molar-refractivity contribution is 7.81. The summed E-state index contributed by atoms with van der Waals surface area (Å²) < 4.78 is 15.5.